The average molecular weight is 580 g/mol. The van der Waals surface area contributed by atoms with Crippen LogP contribution in [0, 0.1) is 4.84 Å². The van der Waals surface area contributed by atoms with Gasteiger partial charge in [-0.2, -0.15) is 13.2 Å². The van der Waals surface area contributed by atoms with Crippen LogP contribution in [-0.2, 0) is 20.9 Å². The maximum atomic E-state index is 12.8. The summed E-state index contributed by atoms with van der Waals surface area (Å²) in [6.07, 6.45) is -3.38. The molecule has 2 heterocycles. The summed E-state index contributed by atoms with van der Waals surface area (Å²) in [5.74, 6) is -2.25. The third-order valence-electron chi connectivity index (χ3n) is 6.12. The normalized spacial score (nSPS) is 17.6. The summed E-state index contributed by atoms with van der Waals surface area (Å²) in [5, 5.41) is 20.0. The molecular weight excluding hydrogens is 551 g/mol. The summed E-state index contributed by atoms with van der Waals surface area (Å²) in [6, 6.07) is 16.8. The number of aromatic amines is 1. The van der Waals surface area contributed by atoms with Crippen molar-refractivity contribution in [2.75, 3.05) is 6.54 Å². The van der Waals surface area contributed by atoms with Crippen molar-refractivity contribution in [3.8, 4) is 11.4 Å². The first kappa shape index (κ1) is 30.5. The predicted octanol–water partition coefficient (Wildman–Crippen LogP) is 3.69. The van der Waals surface area contributed by atoms with Crippen LogP contribution in [0.5, 0.6) is 0 Å². The number of nitrogens with one attached hydrogen (secondary N) is 4. The molecule has 0 radical (unpaired) electrons. The number of alkyl halides is 3. The van der Waals surface area contributed by atoms with Crippen molar-refractivity contribution < 1.29 is 37.2 Å². The number of H-pyrrole nitrogens is 1. The van der Waals surface area contributed by atoms with Crippen LogP contribution in [0.1, 0.15) is 36.8 Å². The molecular formula is C26H28F3N5O5S. The lowest BCUT2D eigenvalue weighted by Crippen LogP contribution is -2.53. The molecule has 2 amide bonds. The Morgan fingerprint density at radius 1 is 1.15 bits per heavy atom. The van der Waals surface area contributed by atoms with Crippen molar-refractivity contribution in [3.05, 3.63) is 70.6 Å². The molecule has 4 rings (SSSR count). The Bertz CT molecular complexity index is 1350. The van der Waals surface area contributed by atoms with Gasteiger partial charge in [0.15, 0.2) is 5.82 Å². The highest BCUT2D eigenvalue weighted by Crippen LogP contribution is 2.27. The number of benzene rings is 2. The van der Waals surface area contributed by atoms with Gasteiger partial charge in [-0.05, 0) is 55.6 Å². The second-order valence-corrected chi connectivity index (χ2v) is 9.40. The number of piperidine rings is 1. The minimum absolute atomic E-state index is 0.146. The molecule has 1 aliphatic rings. The summed E-state index contributed by atoms with van der Waals surface area (Å²) in [4.78, 5) is 37.3. The van der Waals surface area contributed by atoms with Gasteiger partial charge in [-0.1, -0.05) is 59.8 Å². The highest BCUT2D eigenvalue weighted by molar-refractivity contribution is 7.71. The number of rotatable bonds is 7. The van der Waals surface area contributed by atoms with Gasteiger partial charge < -0.3 is 25.6 Å². The molecule has 0 bridgehead atoms. The Labute approximate surface area is 232 Å². The molecule has 3 atom stereocenters. The summed E-state index contributed by atoms with van der Waals surface area (Å²) < 4.78 is 36.6. The van der Waals surface area contributed by atoms with E-state index >= 15 is 0 Å². The number of carbonyl (C=O) groups is 3. The van der Waals surface area contributed by atoms with Gasteiger partial charge in [0.2, 0.25) is 11.8 Å². The van der Waals surface area contributed by atoms with Crippen molar-refractivity contribution in [1.82, 2.24) is 26.1 Å². The van der Waals surface area contributed by atoms with Gasteiger partial charge >= 0.3 is 12.1 Å². The van der Waals surface area contributed by atoms with Gasteiger partial charge in [0.25, 0.3) is 4.84 Å². The van der Waals surface area contributed by atoms with E-state index in [1.54, 1.807) is 6.92 Å². The molecule has 214 valence electrons. The van der Waals surface area contributed by atoms with E-state index in [-0.39, 0.29) is 22.7 Å². The molecule has 14 heteroatoms. The number of carboxylic acids is 1. The van der Waals surface area contributed by atoms with E-state index in [0.717, 1.165) is 24.1 Å². The van der Waals surface area contributed by atoms with Crippen LogP contribution in [0.25, 0.3) is 11.4 Å². The third-order valence-corrected chi connectivity index (χ3v) is 6.30. The van der Waals surface area contributed by atoms with E-state index in [4.69, 9.17) is 26.6 Å². The minimum atomic E-state index is -5.08. The topological polar surface area (TPSA) is 149 Å². The molecule has 0 saturated carbocycles. The van der Waals surface area contributed by atoms with E-state index in [9.17, 15) is 22.8 Å². The van der Waals surface area contributed by atoms with Crippen molar-refractivity contribution >= 4 is 30.0 Å². The molecule has 0 aliphatic carbocycles. The van der Waals surface area contributed by atoms with Crippen molar-refractivity contribution in [3.63, 3.8) is 0 Å². The average Bonchev–Trinajstić information content (AvgIpc) is 3.38. The first-order valence-corrected chi connectivity index (χ1v) is 12.7. The van der Waals surface area contributed by atoms with Crippen LogP contribution in [0.4, 0.5) is 13.2 Å². The number of carbonyl (C=O) groups excluding carboxylic acids is 2. The molecule has 2 aromatic carbocycles. The molecule has 1 fully saturated rings. The van der Waals surface area contributed by atoms with E-state index in [0.29, 0.717) is 24.7 Å². The fourth-order valence-corrected chi connectivity index (χ4v) is 4.14. The Hall–Kier alpha value is -4.04. The smallest absolute Gasteiger partial charge is 0.475 e. The number of hydrogen-bond donors (Lipinski definition) is 5. The van der Waals surface area contributed by atoms with E-state index < -0.39 is 18.2 Å². The lowest BCUT2D eigenvalue weighted by atomic mass is 9.86. The second kappa shape index (κ2) is 13.8. The largest absolute Gasteiger partial charge is 0.490 e. The molecule has 40 heavy (non-hydrogen) atoms. The predicted molar refractivity (Wildman–Crippen MR) is 140 cm³/mol. The van der Waals surface area contributed by atoms with Crippen LogP contribution in [0.15, 0.2) is 59.1 Å². The highest BCUT2D eigenvalue weighted by Gasteiger charge is 2.38. The summed E-state index contributed by atoms with van der Waals surface area (Å²) in [7, 11) is 0. The number of aromatic nitrogens is 2. The SMILES string of the molecule is CC(NC(=O)[C@H]1C[C@@H](c2ccccc2)CCN1)C(=O)NCc1ccc(-c2noc(=S)[nH]2)cc1.O=C(O)C(F)(F)F. The van der Waals surface area contributed by atoms with E-state index in [1.807, 2.05) is 42.5 Å². The van der Waals surface area contributed by atoms with Crippen LogP contribution < -0.4 is 16.0 Å². The van der Waals surface area contributed by atoms with Crippen LogP contribution in [0.3, 0.4) is 0 Å². The summed E-state index contributed by atoms with van der Waals surface area (Å²) in [5.41, 5.74) is 3.01. The number of carboxylic acid groups (broad SMARTS) is 1. The van der Waals surface area contributed by atoms with Crippen molar-refractivity contribution in [2.24, 2.45) is 0 Å². The van der Waals surface area contributed by atoms with Crippen LogP contribution in [-0.4, -0.2) is 57.8 Å². The lowest BCUT2D eigenvalue weighted by molar-refractivity contribution is -0.192. The third kappa shape index (κ3) is 9.02. The Morgan fingerprint density at radius 2 is 1.80 bits per heavy atom. The summed E-state index contributed by atoms with van der Waals surface area (Å²) in [6.45, 7) is 2.82. The number of hydrogen-bond acceptors (Lipinski definition) is 7. The zero-order chi connectivity index (χ0) is 29.3. The van der Waals surface area contributed by atoms with Crippen LogP contribution in [0.2, 0.25) is 0 Å². The monoisotopic (exact) mass is 579 g/mol. The van der Waals surface area contributed by atoms with Gasteiger partial charge in [-0.15, -0.1) is 0 Å². The lowest BCUT2D eigenvalue weighted by Gasteiger charge is -2.30. The van der Waals surface area contributed by atoms with Crippen molar-refractivity contribution in [2.45, 2.75) is 50.5 Å². The highest BCUT2D eigenvalue weighted by atomic mass is 32.1. The Kier molecular flexibility index (Phi) is 10.6. The number of halogens is 3. The van der Waals surface area contributed by atoms with Gasteiger partial charge in [0, 0.05) is 12.1 Å². The van der Waals surface area contributed by atoms with Crippen LogP contribution >= 0.6 is 12.2 Å². The maximum absolute atomic E-state index is 12.8. The zero-order valence-electron chi connectivity index (χ0n) is 21.3. The fraction of sp³-hybridized carbons (Fsp3) is 0.346. The first-order chi connectivity index (χ1) is 18.9. The van der Waals surface area contributed by atoms with E-state index in [1.165, 1.54) is 5.56 Å². The van der Waals surface area contributed by atoms with Gasteiger partial charge in [0.05, 0.1) is 6.04 Å². The van der Waals surface area contributed by atoms with Gasteiger partial charge in [-0.25, -0.2) is 4.79 Å². The molecule has 1 aliphatic heterocycles. The number of amides is 2. The molecule has 5 N–H and O–H groups in total. The first-order valence-electron chi connectivity index (χ1n) is 12.3. The second-order valence-electron chi connectivity index (χ2n) is 9.03. The Morgan fingerprint density at radius 3 is 2.38 bits per heavy atom. The molecule has 1 aromatic heterocycles. The van der Waals surface area contributed by atoms with E-state index in [2.05, 4.69) is 38.2 Å². The zero-order valence-corrected chi connectivity index (χ0v) is 22.1. The maximum Gasteiger partial charge on any atom is 0.490 e. The number of nitrogens with zero attached hydrogens (tertiary/aromatic N) is 1. The quantitative estimate of drug-likeness (QED) is 0.266. The molecule has 1 saturated heterocycles. The molecule has 10 nitrogen and oxygen atoms in total. The van der Waals surface area contributed by atoms with Crippen molar-refractivity contribution in [1.29, 1.82) is 0 Å². The molecule has 3 aromatic rings. The minimum Gasteiger partial charge on any atom is -0.475 e. The fourth-order valence-electron chi connectivity index (χ4n) is 4.00. The molecule has 1 unspecified atom stereocenters. The summed E-state index contributed by atoms with van der Waals surface area (Å²) >= 11 is 4.89. The van der Waals surface area contributed by atoms with Gasteiger partial charge in [-0.3, -0.25) is 14.6 Å². The number of aliphatic carboxylic acids is 1. The molecule has 0 spiro atoms. The Balaban J connectivity index is 0.000000559. The standard InChI is InChI=1S/C24H27N5O3S.C2HF3O2/c1-15(27-23(31)20-13-19(11-12-25-20)17-5-3-2-4-6-17)22(30)26-14-16-7-9-18(10-8-16)21-28-24(33)32-29-21;3-2(4,5)1(6)7/h2-10,15,19-20,25H,11-14H2,1H3,(H,26,30)(H,27,31)(H,28,29,33);(H,6,7)/t15?,19-,20+;/m0./s1. The van der Waals surface area contributed by atoms with Gasteiger partial charge in [0.1, 0.15) is 6.04 Å².